The molecule has 8 rings (SSSR count). The van der Waals surface area contributed by atoms with Gasteiger partial charge in [-0.25, -0.2) is 9.97 Å². The number of H-pyrrole nitrogens is 2. The molecule has 0 saturated heterocycles. The van der Waals surface area contributed by atoms with Crippen molar-refractivity contribution in [2.45, 2.75) is 27.7 Å². The zero-order valence-electron chi connectivity index (χ0n) is 33.7. The van der Waals surface area contributed by atoms with E-state index >= 15 is 0 Å². The topological polar surface area (TPSA) is 150 Å². The lowest BCUT2D eigenvalue weighted by Crippen LogP contribution is -2.12. The number of aromatic amines is 2. The van der Waals surface area contributed by atoms with Crippen LogP contribution < -0.4 is 21.8 Å². The number of terminal acetylenes is 1. The quantitative estimate of drug-likeness (QED) is 0.102. The second-order valence-corrected chi connectivity index (χ2v) is 15.2. The first-order valence-electron chi connectivity index (χ1n) is 18.9. The summed E-state index contributed by atoms with van der Waals surface area (Å²) < 4.78 is 1.10. The summed E-state index contributed by atoms with van der Waals surface area (Å²) in [6.07, 6.45) is 8.38. The number of anilines is 2. The van der Waals surface area contributed by atoms with Crippen molar-refractivity contribution in [2.75, 3.05) is 10.6 Å². The molecule has 0 bridgehead atoms. The summed E-state index contributed by atoms with van der Waals surface area (Å²) in [5, 5.41) is 7.47. The monoisotopic (exact) mass is 914 g/mol. The standard InChI is InChI=1S/C25H19N3O2.C15H14INO.C10H6N2O/c1-16-4-3-5-22(12-16)27-25(30)21-8-6-17(2)19(14-21)9-7-18-13-20-10-11-23(29)28-24(20)26-15-18;1-10-4-3-5-13(8-10)17-15(18)12-7-6-11(2)14(16)9-12;1-2-7-5-8-3-4-9(13)12-10(8)11-6-7/h3-6,8,10-15H,1-2H3,(H,27,30)(H,26,28,29);3-9H,1-2H3,(H,17,18);1,3-6H,(H,11,12,13). The maximum atomic E-state index is 12.6. The number of aromatic nitrogens is 4. The number of carbonyl (C=O) groups excluding carboxylic acids is 2. The molecule has 11 heteroatoms. The molecular formula is C50H39IN6O4. The number of nitrogens with one attached hydrogen (secondary N) is 4. The van der Waals surface area contributed by atoms with E-state index < -0.39 is 0 Å². The molecule has 4 aromatic carbocycles. The zero-order valence-corrected chi connectivity index (χ0v) is 35.8. The predicted molar refractivity (Wildman–Crippen MR) is 252 cm³/mol. The number of pyridine rings is 4. The van der Waals surface area contributed by atoms with Crippen LogP contribution in [-0.2, 0) is 0 Å². The van der Waals surface area contributed by atoms with Gasteiger partial charge in [-0.2, -0.15) is 0 Å². The van der Waals surface area contributed by atoms with Crippen LogP contribution in [0, 0.1) is 55.4 Å². The van der Waals surface area contributed by atoms with Crippen molar-refractivity contribution in [1.82, 2.24) is 19.9 Å². The van der Waals surface area contributed by atoms with E-state index in [4.69, 9.17) is 6.42 Å². The van der Waals surface area contributed by atoms with Gasteiger partial charge in [0.05, 0.1) is 0 Å². The Labute approximate surface area is 366 Å². The molecule has 4 aromatic heterocycles. The van der Waals surface area contributed by atoms with E-state index in [-0.39, 0.29) is 22.9 Å². The third kappa shape index (κ3) is 12.0. The maximum absolute atomic E-state index is 12.6. The Morgan fingerprint density at radius 1 is 0.590 bits per heavy atom. The van der Waals surface area contributed by atoms with E-state index in [1.807, 2.05) is 107 Å². The van der Waals surface area contributed by atoms with Crippen LogP contribution in [0.25, 0.3) is 22.1 Å². The second kappa shape index (κ2) is 19.9. The molecule has 0 fully saturated rings. The molecule has 0 aliphatic rings. The zero-order chi connectivity index (χ0) is 43.5. The Morgan fingerprint density at radius 3 is 1.62 bits per heavy atom. The van der Waals surface area contributed by atoms with Gasteiger partial charge in [-0.3, -0.25) is 19.2 Å². The van der Waals surface area contributed by atoms with E-state index in [1.165, 1.54) is 17.7 Å². The fourth-order valence-electron chi connectivity index (χ4n) is 5.85. The second-order valence-electron chi connectivity index (χ2n) is 14.0. The highest BCUT2D eigenvalue weighted by atomic mass is 127. The number of aryl methyl sites for hydroxylation is 4. The van der Waals surface area contributed by atoms with Gasteiger partial charge in [0.2, 0.25) is 11.1 Å². The van der Waals surface area contributed by atoms with Crippen LogP contribution in [0.3, 0.4) is 0 Å². The average molecular weight is 915 g/mol. The summed E-state index contributed by atoms with van der Waals surface area (Å²) in [6, 6.07) is 36.6. The highest BCUT2D eigenvalue weighted by molar-refractivity contribution is 14.1. The Morgan fingerprint density at radius 2 is 1.10 bits per heavy atom. The fourth-order valence-corrected chi connectivity index (χ4v) is 6.36. The number of halogens is 1. The van der Waals surface area contributed by atoms with Crippen molar-refractivity contribution in [1.29, 1.82) is 0 Å². The van der Waals surface area contributed by atoms with Crippen molar-refractivity contribution >= 4 is 67.8 Å². The number of hydrogen-bond acceptors (Lipinski definition) is 6. The van der Waals surface area contributed by atoms with Gasteiger partial charge in [-0.05, 0) is 145 Å². The molecule has 0 saturated carbocycles. The van der Waals surface area contributed by atoms with E-state index in [0.717, 1.165) is 53.5 Å². The summed E-state index contributed by atoms with van der Waals surface area (Å²) in [5.41, 5.74) is 10.1. The Balaban J connectivity index is 0.000000170. The van der Waals surface area contributed by atoms with Gasteiger partial charge in [0.25, 0.3) is 11.8 Å². The normalized spacial score (nSPS) is 10.2. The predicted octanol–water partition coefficient (Wildman–Crippen LogP) is 9.26. The van der Waals surface area contributed by atoms with Crippen molar-refractivity contribution in [3.05, 3.63) is 208 Å². The molecule has 0 aliphatic carbocycles. The lowest BCUT2D eigenvalue weighted by Gasteiger charge is -2.07. The van der Waals surface area contributed by atoms with Crippen molar-refractivity contribution < 1.29 is 9.59 Å². The third-order valence-corrected chi connectivity index (χ3v) is 10.3. The molecule has 4 N–H and O–H groups in total. The van der Waals surface area contributed by atoms with Gasteiger partial charge in [-0.1, -0.05) is 54.2 Å². The average Bonchev–Trinajstić information content (AvgIpc) is 3.24. The van der Waals surface area contributed by atoms with Gasteiger partial charge < -0.3 is 20.6 Å². The highest BCUT2D eigenvalue weighted by Crippen LogP contribution is 2.18. The Bertz CT molecular complexity index is 3170. The summed E-state index contributed by atoms with van der Waals surface area (Å²) in [6.45, 7) is 7.97. The summed E-state index contributed by atoms with van der Waals surface area (Å²) in [4.78, 5) is 60.6. The third-order valence-electron chi connectivity index (χ3n) is 9.14. The number of nitrogens with zero attached hydrogens (tertiary/aromatic N) is 2. The van der Waals surface area contributed by atoms with E-state index in [1.54, 1.807) is 42.7 Å². The highest BCUT2D eigenvalue weighted by Gasteiger charge is 2.09. The van der Waals surface area contributed by atoms with Crippen LogP contribution in [0.5, 0.6) is 0 Å². The largest absolute Gasteiger partial charge is 0.322 e. The first-order chi connectivity index (χ1) is 29.3. The molecular weight excluding hydrogens is 875 g/mol. The molecule has 300 valence electrons. The fraction of sp³-hybridized carbons (Fsp3) is 0.0800. The van der Waals surface area contributed by atoms with Crippen LogP contribution in [0.15, 0.2) is 143 Å². The first-order valence-corrected chi connectivity index (χ1v) is 20.0. The molecule has 10 nitrogen and oxygen atoms in total. The molecule has 8 aromatic rings. The number of benzene rings is 4. The van der Waals surface area contributed by atoms with Gasteiger partial charge in [0.1, 0.15) is 11.3 Å². The number of fused-ring (bicyclic) bond motifs is 2. The Hall–Kier alpha value is -7.61. The smallest absolute Gasteiger partial charge is 0.255 e. The maximum Gasteiger partial charge on any atom is 0.255 e. The van der Waals surface area contributed by atoms with E-state index in [2.05, 4.69) is 70.9 Å². The number of amides is 2. The Kier molecular flexibility index (Phi) is 14.0. The van der Waals surface area contributed by atoms with Gasteiger partial charge in [0, 0.05) is 78.1 Å². The number of rotatable bonds is 4. The van der Waals surface area contributed by atoms with Crippen LogP contribution in [-0.4, -0.2) is 31.8 Å². The van der Waals surface area contributed by atoms with Gasteiger partial charge in [0.15, 0.2) is 0 Å². The number of hydrogen-bond donors (Lipinski definition) is 4. The lowest BCUT2D eigenvalue weighted by molar-refractivity contribution is 0.101. The van der Waals surface area contributed by atoms with Crippen molar-refractivity contribution in [3.63, 3.8) is 0 Å². The lowest BCUT2D eigenvalue weighted by atomic mass is 10.0. The molecule has 61 heavy (non-hydrogen) atoms. The molecule has 0 unspecified atom stereocenters. The molecule has 0 spiro atoms. The molecule has 2 amide bonds. The summed E-state index contributed by atoms with van der Waals surface area (Å²) in [5.74, 6) is 8.46. The summed E-state index contributed by atoms with van der Waals surface area (Å²) >= 11 is 2.24. The van der Waals surface area contributed by atoms with Crippen LogP contribution in [0.1, 0.15) is 59.7 Å². The van der Waals surface area contributed by atoms with E-state index in [0.29, 0.717) is 28.0 Å². The van der Waals surface area contributed by atoms with Gasteiger partial charge >= 0.3 is 0 Å². The van der Waals surface area contributed by atoms with Crippen molar-refractivity contribution in [2.24, 2.45) is 0 Å². The minimum Gasteiger partial charge on any atom is -0.322 e. The minimum absolute atomic E-state index is 0.0708. The minimum atomic E-state index is -0.190. The molecule has 0 atom stereocenters. The summed E-state index contributed by atoms with van der Waals surface area (Å²) in [7, 11) is 0. The van der Waals surface area contributed by atoms with E-state index in [9.17, 15) is 19.2 Å². The number of carbonyl (C=O) groups is 2. The molecule has 4 heterocycles. The van der Waals surface area contributed by atoms with Crippen LogP contribution >= 0.6 is 22.6 Å². The van der Waals surface area contributed by atoms with Crippen molar-refractivity contribution in [3.8, 4) is 24.2 Å². The molecule has 0 radical (unpaired) electrons. The van der Waals surface area contributed by atoms with Crippen LogP contribution in [0.2, 0.25) is 0 Å². The SMILES string of the molecule is C#Cc1cnc2[nH]c(=O)ccc2c1.Cc1cccc(NC(=O)c2ccc(C)c(C#Cc3cnc4[nH]c(=O)ccc4c3)c2)c1.Cc1cccc(NC(=O)c2ccc(C)c(I)c2)c1. The van der Waals surface area contributed by atoms with Crippen LogP contribution in [0.4, 0.5) is 11.4 Å². The molecule has 0 aliphatic heterocycles. The first kappa shape index (κ1) is 43.0. The van der Waals surface area contributed by atoms with Gasteiger partial charge in [-0.15, -0.1) is 6.42 Å².